The quantitative estimate of drug-likeness (QED) is 0.456. The van der Waals surface area contributed by atoms with E-state index >= 15 is 0 Å². The average Bonchev–Trinajstić information content (AvgIpc) is 2.60. The summed E-state index contributed by atoms with van der Waals surface area (Å²) in [6.07, 6.45) is 0. The summed E-state index contributed by atoms with van der Waals surface area (Å²) < 4.78 is 10.8. The lowest BCUT2D eigenvalue weighted by atomic mass is 10.2. The van der Waals surface area contributed by atoms with Crippen LogP contribution in [0.3, 0.4) is 0 Å². The molecule has 0 heterocycles. The van der Waals surface area contributed by atoms with Crippen molar-refractivity contribution in [3.8, 4) is 5.75 Å². The summed E-state index contributed by atoms with van der Waals surface area (Å²) in [7, 11) is 0. The van der Waals surface area contributed by atoms with Gasteiger partial charge in [0.15, 0.2) is 0 Å². The van der Waals surface area contributed by atoms with Crippen LogP contribution >= 0.6 is 0 Å². The van der Waals surface area contributed by atoms with Gasteiger partial charge in [0.2, 0.25) is 0 Å². The molecule has 2 rings (SSSR count). The van der Waals surface area contributed by atoms with Gasteiger partial charge in [0, 0.05) is 24.3 Å². The molecule has 0 saturated heterocycles. The number of anilines is 1. The normalized spacial score (nSPS) is 10.2. The molecule has 2 aromatic rings. The van der Waals surface area contributed by atoms with Gasteiger partial charge in [-0.15, -0.1) is 0 Å². The maximum Gasteiger partial charge on any atom is 0.269 e. The number of hydrogen-bond acceptors (Lipinski definition) is 5. The first-order chi connectivity index (χ1) is 11.6. The van der Waals surface area contributed by atoms with Gasteiger partial charge in [-0.05, 0) is 31.2 Å². The fourth-order valence-electron chi connectivity index (χ4n) is 1.98. The molecular weight excluding hydrogens is 312 g/mol. The first-order valence-electron chi connectivity index (χ1n) is 7.47. The van der Waals surface area contributed by atoms with Crippen LogP contribution in [0.5, 0.6) is 5.75 Å². The fraction of sp³-hybridized carbons (Fsp3) is 0.235. The molecule has 0 aliphatic rings. The molecule has 0 fully saturated rings. The number of para-hydroxylation sites is 2. The Morgan fingerprint density at radius 2 is 1.83 bits per heavy atom. The minimum atomic E-state index is -0.511. The van der Waals surface area contributed by atoms with Gasteiger partial charge >= 0.3 is 0 Å². The number of nitrogens with zero attached hydrogens (tertiary/aromatic N) is 1. The highest BCUT2D eigenvalue weighted by Crippen LogP contribution is 2.24. The summed E-state index contributed by atoms with van der Waals surface area (Å²) in [5, 5.41) is 13.4. The van der Waals surface area contributed by atoms with Crippen molar-refractivity contribution >= 4 is 17.3 Å². The van der Waals surface area contributed by atoms with Crippen LogP contribution in [0.2, 0.25) is 0 Å². The van der Waals surface area contributed by atoms with E-state index in [0.29, 0.717) is 36.8 Å². The number of ether oxygens (including phenoxy) is 2. The molecule has 1 N–H and O–H groups in total. The second kappa shape index (κ2) is 8.64. The number of non-ortho nitro benzene ring substituents is 1. The molecule has 0 radical (unpaired) electrons. The summed E-state index contributed by atoms with van der Waals surface area (Å²) >= 11 is 0. The minimum absolute atomic E-state index is 0.0637. The van der Waals surface area contributed by atoms with E-state index in [-0.39, 0.29) is 11.6 Å². The van der Waals surface area contributed by atoms with Crippen LogP contribution in [0.15, 0.2) is 48.5 Å². The van der Waals surface area contributed by atoms with Crippen molar-refractivity contribution in [1.82, 2.24) is 0 Å². The number of carbonyl (C=O) groups is 1. The van der Waals surface area contributed by atoms with E-state index in [2.05, 4.69) is 5.32 Å². The van der Waals surface area contributed by atoms with Gasteiger partial charge in [0.05, 0.1) is 17.2 Å². The zero-order valence-corrected chi connectivity index (χ0v) is 13.2. The summed E-state index contributed by atoms with van der Waals surface area (Å²) in [4.78, 5) is 22.4. The first kappa shape index (κ1) is 17.4. The van der Waals surface area contributed by atoms with Crippen LogP contribution < -0.4 is 10.1 Å². The van der Waals surface area contributed by atoms with Gasteiger partial charge in [-0.25, -0.2) is 0 Å². The van der Waals surface area contributed by atoms with Gasteiger partial charge in [-0.1, -0.05) is 12.1 Å². The smallest absolute Gasteiger partial charge is 0.269 e. The fourth-order valence-corrected chi connectivity index (χ4v) is 1.98. The molecule has 0 unspecified atom stereocenters. The van der Waals surface area contributed by atoms with Crippen molar-refractivity contribution in [2.45, 2.75) is 6.92 Å². The van der Waals surface area contributed by atoms with Crippen LogP contribution in [0, 0.1) is 10.1 Å². The Hall–Kier alpha value is -2.93. The van der Waals surface area contributed by atoms with E-state index in [1.54, 1.807) is 24.3 Å². The molecule has 0 atom stereocenters. The van der Waals surface area contributed by atoms with Crippen LogP contribution in [-0.4, -0.2) is 30.7 Å². The predicted molar refractivity (Wildman–Crippen MR) is 89.5 cm³/mol. The Bertz CT molecular complexity index is 700. The van der Waals surface area contributed by atoms with E-state index in [4.69, 9.17) is 9.47 Å². The van der Waals surface area contributed by atoms with Gasteiger partial charge in [-0.2, -0.15) is 0 Å². The highest BCUT2D eigenvalue weighted by molar-refractivity contribution is 6.05. The Kier molecular flexibility index (Phi) is 6.27. The van der Waals surface area contributed by atoms with E-state index in [0.717, 1.165) is 0 Å². The SMILES string of the molecule is CCOCCOc1ccccc1NC(=O)c1ccc([N+](=O)[O-])cc1. The van der Waals surface area contributed by atoms with Crippen molar-refractivity contribution in [3.63, 3.8) is 0 Å². The summed E-state index contributed by atoms with van der Waals surface area (Å²) in [5.41, 5.74) is 0.785. The summed E-state index contributed by atoms with van der Waals surface area (Å²) in [6, 6.07) is 12.5. The molecule has 24 heavy (non-hydrogen) atoms. The van der Waals surface area contributed by atoms with E-state index < -0.39 is 4.92 Å². The van der Waals surface area contributed by atoms with Crippen molar-refractivity contribution in [3.05, 3.63) is 64.2 Å². The zero-order valence-electron chi connectivity index (χ0n) is 13.2. The van der Waals surface area contributed by atoms with Gasteiger partial charge in [0.25, 0.3) is 11.6 Å². The summed E-state index contributed by atoms with van der Waals surface area (Å²) in [5.74, 6) is 0.165. The van der Waals surface area contributed by atoms with Crippen molar-refractivity contribution < 1.29 is 19.2 Å². The van der Waals surface area contributed by atoms with Crippen molar-refractivity contribution in [1.29, 1.82) is 0 Å². The minimum Gasteiger partial charge on any atom is -0.489 e. The third kappa shape index (κ3) is 4.79. The van der Waals surface area contributed by atoms with Crippen LogP contribution in [0.1, 0.15) is 17.3 Å². The highest BCUT2D eigenvalue weighted by Gasteiger charge is 2.12. The average molecular weight is 330 g/mol. The molecule has 0 aromatic heterocycles. The van der Waals surface area contributed by atoms with Crippen molar-refractivity contribution in [2.24, 2.45) is 0 Å². The number of nitro groups is 1. The Balaban J connectivity index is 2.04. The Labute approximate surface area is 139 Å². The summed E-state index contributed by atoms with van der Waals surface area (Å²) in [6.45, 7) is 3.35. The first-order valence-corrected chi connectivity index (χ1v) is 7.47. The van der Waals surface area contributed by atoms with Crippen LogP contribution in [0.4, 0.5) is 11.4 Å². The van der Waals surface area contributed by atoms with Gasteiger partial charge < -0.3 is 14.8 Å². The predicted octanol–water partition coefficient (Wildman–Crippen LogP) is 3.26. The maximum absolute atomic E-state index is 12.3. The monoisotopic (exact) mass is 330 g/mol. The number of nitrogens with one attached hydrogen (secondary N) is 1. The number of nitro benzene ring substituents is 1. The van der Waals surface area contributed by atoms with Crippen LogP contribution in [-0.2, 0) is 4.74 Å². The van der Waals surface area contributed by atoms with E-state index in [1.807, 2.05) is 6.92 Å². The molecule has 2 aromatic carbocycles. The molecule has 7 heteroatoms. The third-order valence-electron chi connectivity index (χ3n) is 3.16. The number of benzene rings is 2. The molecule has 0 aliphatic heterocycles. The number of hydrogen-bond donors (Lipinski definition) is 1. The molecule has 0 saturated carbocycles. The molecular formula is C17H18N2O5. The maximum atomic E-state index is 12.3. The molecule has 126 valence electrons. The third-order valence-corrected chi connectivity index (χ3v) is 3.16. The largest absolute Gasteiger partial charge is 0.489 e. The highest BCUT2D eigenvalue weighted by atomic mass is 16.6. The second-order valence-corrected chi connectivity index (χ2v) is 4.80. The lowest BCUT2D eigenvalue weighted by molar-refractivity contribution is -0.384. The Morgan fingerprint density at radius 3 is 2.50 bits per heavy atom. The zero-order chi connectivity index (χ0) is 17.4. The van der Waals surface area contributed by atoms with Crippen LogP contribution in [0.25, 0.3) is 0 Å². The van der Waals surface area contributed by atoms with Crippen molar-refractivity contribution in [2.75, 3.05) is 25.1 Å². The lowest BCUT2D eigenvalue weighted by Gasteiger charge is -2.12. The molecule has 1 amide bonds. The molecule has 0 spiro atoms. The van der Waals surface area contributed by atoms with Gasteiger partial charge in [0.1, 0.15) is 12.4 Å². The number of amides is 1. The molecule has 0 aliphatic carbocycles. The van der Waals surface area contributed by atoms with E-state index in [9.17, 15) is 14.9 Å². The Morgan fingerprint density at radius 1 is 1.12 bits per heavy atom. The van der Waals surface area contributed by atoms with Gasteiger partial charge in [-0.3, -0.25) is 14.9 Å². The number of rotatable bonds is 8. The lowest BCUT2D eigenvalue weighted by Crippen LogP contribution is -2.14. The molecule has 0 bridgehead atoms. The molecule has 7 nitrogen and oxygen atoms in total. The van der Waals surface area contributed by atoms with E-state index in [1.165, 1.54) is 24.3 Å². The topological polar surface area (TPSA) is 90.7 Å². The standard InChI is InChI=1S/C17H18N2O5/c1-2-23-11-12-24-16-6-4-3-5-15(16)18-17(20)13-7-9-14(10-8-13)19(21)22/h3-10H,2,11-12H2,1H3,(H,18,20). The number of carbonyl (C=O) groups excluding carboxylic acids is 1. The second-order valence-electron chi connectivity index (χ2n) is 4.80.